The van der Waals surface area contributed by atoms with Gasteiger partial charge in [0.05, 0.1) is 18.7 Å². The van der Waals surface area contributed by atoms with E-state index in [9.17, 15) is 0 Å². The van der Waals surface area contributed by atoms with Crippen LogP contribution < -0.4 is 0 Å². The number of hydrogen-bond acceptors (Lipinski definition) is 5. The van der Waals surface area contributed by atoms with E-state index in [-0.39, 0.29) is 18.7 Å². The van der Waals surface area contributed by atoms with Gasteiger partial charge in [-0.25, -0.2) is 0 Å². The maximum absolute atomic E-state index is 8.61. The molecule has 0 saturated carbocycles. The molecule has 0 unspecified atom stereocenters. The van der Waals surface area contributed by atoms with Crippen molar-refractivity contribution in [2.75, 3.05) is 25.5 Å². The van der Waals surface area contributed by atoms with E-state index in [4.69, 9.17) is 20.4 Å². The van der Waals surface area contributed by atoms with Crippen molar-refractivity contribution in [3.05, 3.63) is 0 Å². The Kier molecular flexibility index (Phi) is 4.78. The molecule has 10 heavy (non-hydrogen) atoms. The molecule has 6 heteroatoms. The molecular formula is C4H12O5Si. The lowest BCUT2D eigenvalue weighted by molar-refractivity contribution is 0.0671. The van der Waals surface area contributed by atoms with Crippen LogP contribution in [0.15, 0.2) is 0 Å². The Morgan fingerprint density at radius 1 is 0.900 bits per heavy atom. The molecule has 62 valence electrons. The largest absolute Gasteiger partial charge is 0.397 e. The molecule has 0 aliphatic heterocycles. The van der Waals surface area contributed by atoms with Crippen molar-refractivity contribution in [1.82, 2.24) is 0 Å². The van der Waals surface area contributed by atoms with Gasteiger partial charge in [0.1, 0.15) is 6.79 Å². The second-order valence-corrected chi connectivity index (χ2v) is 5.53. The highest BCUT2D eigenvalue weighted by molar-refractivity contribution is 6.73. The zero-order valence-electron chi connectivity index (χ0n) is 5.53. The minimum absolute atomic E-state index is 0.388. The van der Waals surface area contributed by atoms with Crippen LogP contribution in [0, 0.1) is 0 Å². The van der Waals surface area contributed by atoms with Gasteiger partial charge < -0.3 is 24.9 Å². The SMILES string of the molecule is OCO[Si](CO)(CO)CO. The lowest BCUT2D eigenvalue weighted by Gasteiger charge is -2.22. The third-order valence-corrected chi connectivity index (χ3v) is 3.71. The van der Waals surface area contributed by atoms with Gasteiger partial charge in [-0.3, -0.25) is 0 Å². The Hall–Kier alpha value is 0.0169. The fourth-order valence-electron chi connectivity index (χ4n) is 0.424. The highest BCUT2D eigenvalue weighted by Crippen LogP contribution is 2.00. The highest BCUT2D eigenvalue weighted by atomic mass is 28.4. The Morgan fingerprint density at radius 2 is 1.30 bits per heavy atom. The Balaban J connectivity index is 3.87. The molecule has 0 aliphatic carbocycles. The molecule has 0 fully saturated rings. The van der Waals surface area contributed by atoms with Gasteiger partial charge in [-0.2, -0.15) is 0 Å². The van der Waals surface area contributed by atoms with Gasteiger partial charge in [0.15, 0.2) is 0 Å². The van der Waals surface area contributed by atoms with Gasteiger partial charge in [0.2, 0.25) is 0 Å². The van der Waals surface area contributed by atoms with Crippen LogP contribution in [0.3, 0.4) is 0 Å². The topological polar surface area (TPSA) is 90.2 Å². The fraction of sp³-hybridized carbons (Fsp3) is 1.00. The molecule has 0 aromatic rings. The third kappa shape index (κ3) is 2.33. The smallest absolute Gasteiger partial charge is 0.270 e. The first-order valence-electron chi connectivity index (χ1n) is 2.82. The summed E-state index contributed by atoms with van der Waals surface area (Å²) >= 11 is 0. The molecule has 0 aromatic carbocycles. The predicted molar refractivity (Wildman–Crippen MR) is 35.2 cm³/mol. The Labute approximate surface area is 59.6 Å². The van der Waals surface area contributed by atoms with Gasteiger partial charge >= 0.3 is 0 Å². The van der Waals surface area contributed by atoms with E-state index in [0.717, 1.165) is 0 Å². The van der Waals surface area contributed by atoms with E-state index in [0.29, 0.717) is 0 Å². The second-order valence-electron chi connectivity index (χ2n) is 1.93. The molecule has 0 aromatic heterocycles. The fourth-order valence-corrected chi connectivity index (χ4v) is 1.27. The van der Waals surface area contributed by atoms with Crippen LogP contribution in [0.1, 0.15) is 0 Å². The number of rotatable bonds is 5. The summed E-state index contributed by atoms with van der Waals surface area (Å²) in [4.78, 5) is 0. The quantitative estimate of drug-likeness (QED) is 0.269. The summed E-state index contributed by atoms with van der Waals surface area (Å²) in [5, 5.41) is 34.1. The maximum atomic E-state index is 8.61. The predicted octanol–water partition coefficient (Wildman–Crippen LogP) is -2.51. The lowest BCUT2D eigenvalue weighted by atomic mass is 11.5. The second kappa shape index (κ2) is 4.77. The standard InChI is InChI=1S/C4H12O5Si/c5-1-9-10(2-6,3-7)4-8/h5-8H,1-4H2. The first kappa shape index (κ1) is 10.0. The van der Waals surface area contributed by atoms with Gasteiger partial charge in [0.25, 0.3) is 8.32 Å². The van der Waals surface area contributed by atoms with Gasteiger partial charge in [0, 0.05) is 0 Å². The molecule has 0 amide bonds. The molecule has 0 atom stereocenters. The average molecular weight is 168 g/mol. The van der Waals surface area contributed by atoms with E-state index < -0.39 is 15.1 Å². The lowest BCUT2D eigenvalue weighted by Crippen LogP contribution is -2.51. The molecule has 0 spiro atoms. The average Bonchev–Trinajstić information content (AvgIpc) is 2.01. The number of hydrogen-bond donors (Lipinski definition) is 4. The minimum Gasteiger partial charge on any atom is -0.397 e. The zero-order valence-corrected chi connectivity index (χ0v) is 6.53. The number of aliphatic hydroxyl groups is 4. The number of aliphatic hydroxyl groups excluding tert-OH is 4. The van der Waals surface area contributed by atoms with Crippen LogP contribution in [-0.2, 0) is 4.43 Å². The van der Waals surface area contributed by atoms with Gasteiger partial charge in [-0.05, 0) is 0 Å². The van der Waals surface area contributed by atoms with Crippen LogP contribution in [-0.4, -0.2) is 54.2 Å². The van der Waals surface area contributed by atoms with E-state index in [2.05, 4.69) is 4.43 Å². The Bertz CT molecular complexity index is 75.5. The summed E-state index contributed by atoms with van der Waals surface area (Å²) < 4.78 is 4.62. The van der Waals surface area contributed by atoms with Crippen molar-refractivity contribution in [3.8, 4) is 0 Å². The molecule has 0 aliphatic rings. The van der Waals surface area contributed by atoms with Crippen molar-refractivity contribution in [2.45, 2.75) is 0 Å². The summed E-state index contributed by atoms with van der Waals surface area (Å²) in [6.07, 6.45) is -1.16. The van der Waals surface area contributed by atoms with Crippen LogP contribution in [0.4, 0.5) is 0 Å². The maximum Gasteiger partial charge on any atom is 0.270 e. The molecule has 5 nitrogen and oxygen atoms in total. The van der Waals surface area contributed by atoms with E-state index in [1.54, 1.807) is 0 Å². The van der Waals surface area contributed by atoms with Gasteiger partial charge in [-0.1, -0.05) is 0 Å². The third-order valence-electron chi connectivity index (χ3n) is 1.24. The summed E-state index contributed by atoms with van der Waals surface area (Å²) in [7, 11) is -2.80. The van der Waals surface area contributed by atoms with Gasteiger partial charge in [-0.15, -0.1) is 0 Å². The summed E-state index contributed by atoms with van der Waals surface area (Å²) in [5.74, 6) is 0. The van der Waals surface area contributed by atoms with Crippen LogP contribution in [0.25, 0.3) is 0 Å². The van der Waals surface area contributed by atoms with E-state index >= 15 is 0 Å². The monoisotopic (exact) mass is 168 g/mol. The molecule has 0 rings (SSSR count). The van der Waals surface area contributed by atoms with Crippen molar-refractivity contribution in [3.63, 3.8) is 0 Å². The first-order valence-corrected chi connectivity index (χ1v) is 5.35. The van der Waals surface area contributed by atoms with Crippen molar-refractivity contribution in [1.29, 1.82) is 0 Å². The molecule has 0 radical (unpaired) electrons. The van der Waals surface area contributed by atoms with Crippen molar-refractivity contribution < 1.29 is 24.9 Å². The molecule has 0 saturated heterocycles. The van der Waals surface area contributed by atoms with Crippen LogP contribution in [0.2, 0.25) is 0 Å². The first-order chi connectivity index (χ1) is 4.74. The van der Waals surface area contributed by atoms with Crippen molar-refractivity contribution in [2.24, 2.45) is 0 Å². The summed E-state index contributed by atoms with van der Waals surface area (Å²) in [6, 6.07) is 0. The van der Waals surface area contributed by atoms with Crippen LogP contribution in [0.5, 0.6) is 0 Å². The summed E-state index contributed by atoms with van der Waals surface area (Å²) in [6.45, 7) is -0.575. The van der Waals surface area contributed by atoms with Crippen LogP contribution >= 0.6 is 0 Å². The zero-order chi connectivity index (χ0) is 8.04. The molecule has 0 bridgehead atoms. The highest BCUT2D eigenvalue weighted by Gasteiger charge is 2.33. The van der Waals surface area contributed by atoms with E-state index in [1.807, 2.05) is 0 Å². The molecule has 4 N–H and O–H groups in total. The molecular weight excluding hydrogens is 156 g/mol. The van der Waals surface area contributed by atoms with E-state index in [1.165, 1.54) is 0 Å². The van der Waals surface area contributed by atoms with Crippen molar-refractivity contribution >= 4 is 8.32 Å². The molecule has 0 heterocycles. The summed E-state index contributed by atoms with van der Waals surface area (Å²) in [5.41, 5.74) is 0. The minimum atomic E-state index is -2.80. The Morgan fingerprint density at radius 3 is 1.40 bits per heavy atom. The normalized spacial score (nSPS) is 12.0.